The van der Waals surface area contributed by atoms with Crippen molar-refractivity contribution in [1.29, 1.82) is 0 Å². The molecule has 0 aliphatic heterocycles. The molecule has 0 heterocycles. The van der Waals surface area contributed by atoms with Gasteiger partial charge in [-0.25, -0.2) is 0 Å². The van der Waals surface area contributed by atoms with Gasteiger partial charge < -0.3 is 0 Å². The van der Waals surface area contributed by atoms with E-state index >= 15 is 0 Å². The van der Waals surface area contributed by atoms with Gasteiger partial charge >= 0.3 is 0 Å². The Kier molecular flexibility index (Phi) is 3.13. The molecule has 0 radical (unpaired) electrons. The third-order valence-electron chi connectivity index (χ3n) is 11.1. The van der Waals surface area contributed by atoms with E-state index in [1.165, 1.54) is 44.9 Å². The minimum Gasteiger partial charge on any atom is -0.0998 e. The molecular weight excluding hydrogens is 288 g/mol. The third kappa shape index (κ3) is 1.51. The summed E-state index contributed by atoms with van der Waals surface area (Å²) in [5.41, 5.74) is 4.47. The van der Waals surface area contributed by atoms with Crippen LogP contribution in [-0.4, -0.2) is 0 Å². The summed E-state index contributed by atoms with van der Waals surface area (Å²) in [6, 6.07) is 0. The minimum atomic E-state index is 0.648. The van der Waals surface area contributed by atoms with Gasteiger partial charge in [0.05, 0.1) is 0 Å². The van der Waals surface area contributed by atoms with Crippen LogP contribution in [0, 0.1) is 39.4 Å². The Morgan fingerprint density at radius 3 is 2.54 bits per heavy atom. The lowest BCUT2D eigenvalue weighted by Crippen LogP contribution is -2.52. The molecule has 2 spiro atoms. The Morgan fingerprint density at radius 2 is 1.79 bits per heavy atom. The van der Waals surface area contributed by atoms with Crippen molar-refractivity contribution in [2.45, 2.75) is 97.8 Å². The monoisotopic (exact) mass is 326 g/mol. The first-order valence-corrected chi connectivity index (χ1v) is 11.2. The Hall–Kier alpha value is -0.260. The second-order valence-electron chi connectivity index (χ2n) is 10.8. The number of hydrogen-bond donors (Lipinski definition) is 0. The largest absolute Gasteiger partial charge is 0.0998 e. The van der Waals surface area contributed by atoms with Crippen molar-refractivity contribution in [2.24, 2.45) is 39.4 Å². The second kappa shape index (κ2) is 4.72. The number of fused-ring (bicyclic) bond motifs is 2. The molecule has 0 aromatic heterocycles. The Balaban J connectivity index is 1.55. The maximum atomic E-state index is 4.44. The van der Waals surface area contributed by atoms with E-state index in [1.54, 1.807) is 37.7 Å². The van der Waals surface area contributed by atoms with E-state index in [9.17, 15) is 0 Å². The maximum Gasteiger partial charge on any atom is -0.0170 e. The molecule has 5 saturated carbocycles. The fourth-order valence-electron chi connectivity index (χ4n) is 9.85. The lowest BCUT2D eigenvalue weighted by atomic mass is 9.44. The van der Waals surface area contributed by atoms with Crippen LogP contribution in [0.15, 0.2) is 12.2 Å². The molecule has 0 bridgehead atoms. The normalized spacial score (nSPS) is 58.5. The molecule has 24 heavy (non-hydrogen) atoms. The van der Waals surface area contributed by atoms with Crippen LogP contribution in [0.2, 0.25) is 0 Å². The van der Waals surface area contributed by atoms with Gasteiger partial charge in [0.25, 0.3) is 0 Å². The van der Waals surface area contributed by atoms with Gasteiger partial charge in [0, 0.05) is 0 Å². The molecule has 0 aromatic carbocycles. The summed E-state index contributed by atoms with van der Waals surface area (Å²) in [4.78, 5) is 0. The maximum absolute atomic E-state index is 4.44. The average Bonchev–Trinajstić information content (AvgIpc) is 3.15. The average molecular weight is 327 g/mol. The molecule has 0 aromatic rings. The van der Waals surface area contributed by atoms with Crippen molar-refractivity contribution in [3.8, 4) is 0 Å². The molecule has 5 rings (SSSR count). The first-order chi connectivity index (χ1) is 11.5. The van der Waals surface area contributed by atoms with E-state index in [1.807, 2.05) is 0 Å². The lowest BCUT2D eigenvalue weighted by molar-refractivity contribution is -0.101. The highest BCUT2D eigenvalue weighted by atomic mass is 14.8. The highest BCUT2D eigenvalue weighted by Gasteiger charge is 2.81. The van der Waals surface area contributed by atoms with E-state index in [0.29, 0.717) is 5.41 Å². The van der Waals surface area contributed by atoms with Crippen LogP contribution >= 0.6 is 0 Å². The molecule has 0 saturated heterocycles. The standard InChI is InChI=1S/C24H38/c1-5-21-11-10-20-19-8-7-18(4)22(19,6-2)13-14-23(20)16-24(21,23)12-9-17(3)15-21/h18-20H,3,5-16H2,1-2,4H3/t18?,19?,20?,21-,22+,23?,24+/m0/s1. The molecule has 0 N–H and O–H groups in total. The zero-order valence-corrected chi connectivity index (χ0v) is 16.4. The SMILES string of the molecule is C=C1CC[C@]23CC24CC[C@]2(CC)C(C)CCC2C4CC[C@@]3(CC)C1. The predicted octanol–water partition coefficient (Wildman–Crippen LogP) is 7.15. The molecule has 7 atom stereocenters. The number of allylic oxidation sites excluding steroid dienone is 1. The van der Waals surface area contributed by atoms with E-state index < -0.39 is 0 Å². The van der Waals surface area contributed by atoms with Gasteiger partial charge in [-0.15, -0.1) is 0 Å². The van der Waals surface area contributed by atoms with Crippen molar-refractivity contribution in [3.05, 3.63) is 12.2 Å². The van der Waals surface area contributed by atoms with Crippen molar-refractivity contribution in [3.63, 3.8) is 0 Å². The Morgan fingerprint density at radius 1 is 0.958 bits per heavy atom. The van der Waals surface area contributed by atoms with Crippen LogP contribution in [-0.2, 0) is 0 Å². The molecule has 5 fully saturated rings. The van der Waals surface area contributed by atoms with Gasteiger partial charge in [-0.2, -0.15) is 0 Å². The van der Waals surface area contributed by atoms with Crippen LogP contribution in [0.25, 0.3) is 0 Å². The van der Waals surface area contributed by atoms with Crippen molar-refractivity contribution in [1.82, 2.24) is 0 Å². The first kappa shape index (κ1) is 16.0. The molecule has 0 nitrogen and oxygen atoms in total. The van der Waals surface area contributed by atoms with Crippen molar-refractivity contribution < 1.29 is 0 Å². The fraction of sp³-hybridized carbons (Fsp3) is 0.917. The topological polar surface area (TPSA) is 0 Å². The van der Waals surface area contributed by atoms with Crippen molar-refractivity contribution in [2.75, 3.05) is 0 Å². The first-order valence-electron chi connectivity index (χ1n) is 11.2. The zero-order valence-electron chi connectivity index (χ0n) is 16.4. The quantitative estimate of drug-likeness (QED) is 0.473. The van der Waals surface area contributed by atoms with E-state index in [-0.39, 0.29) is 0 Å². The van der Waals surface area contributed by atoms with Gasteiger partial charge in [-0.3, -0.25) is 0 Å². The van der Waals surface area contributed by atoms with Crippen LogP contribution in [0.3, 0.4) is 0 Å². The summed E-state index contributed by atoms with van der Waals surface area (Å²) >= 11 is 0. The van der Waals surface area contributed by atoms with Gasteiger partial charge in [0.2, 0.25) is 0 Å². The molecule has 5 aliphatic carbocycles. The zero-order chi connectivity index (χ0) is 16.8. The molecule has 5 aliphatic rings. The highest BCUT2D eigenvalue weighted by molar-refractivity contribution is 5.32. The summed E-state index contributed by atoms with van der Waals surface area (Å²) in [5.74, 6) is 3.15. The second-order valence-corrected chi connectivity index (χ2v) is 10.8. The van der Waals surface area contributed by atoms with Crippen LogP contribution in [0.1, 0.15) is 97.8 Å². The van der Waals surface area contributed by atoms with Crippen molar-refractivity contribution >= 4 is 0 Å². The molecule has 134 valence electrons. The third-order valence-corrected chi connectivity index (χ3v) is 11.1. The summed E-state index contributed by atoms with van der Waals surface area (Å²) in [7, 11) is 0. The Labute approximate surface area is 149 Å². The van der Waals surface area contributed by atoms with Crippen LogP contribution in [0.5, 0.6) is 0 Å². The summed E-state index contributed by atoms with van der Waals surface area (Å²) in [6.45, 7) is 12.0. The summed E-state index contributed by atoms with van der Waals surface area (Å²) in [5, 5.41) is 0. The van der Waals surface area contributed by atoms with Gasteiger partial charge in [-0.05, 0) is 116 Å². The van der Waals surface area contributed by atoms with Crippen LogP contribution < -0.4 is 0 Å². The smallest absolute Gasteiger partial charge is 0.0170 e. The summed E-state index contributed by atoms with van der Waals surface area (Å²) in [6.07, 6.45) is 18.0. The summed E-state index contributed by atoms with van der Waals surface area (Å²) < 4.78 is 0. The van der Waals surface area contributed by atoms with E-state index in [0.717, 1.165) is 34.0 Å². The van der Waals surface area contributed by atoms with E-state index in [2.05, 4.69) is 27.4 Å². The molecule has 4 unspecified atom stereocenters. The predicted molar refractivity (Wildman–Crippen MR) is 102 cm³/mol. The molecular formula is C24H38. The van der Waals surface area contributed by atoms with Gasteiger partial charge in [0.1, 0.15) is 0 Å². The number of hydrogen-bond acceptors (Lipinski definition) is 0. The molecule has 0 heteroatoms. The fourth-order valence-corrected chi connectivity index (χ4v) is 9.85. The highest BCUT2D eigenvalue weighted by Crippen LogP contribution is 2.89. The van der Waals surface area contributed by atoms with Gasteiger partial charge in [-0.1, -0.05) is 32.9 Å². The van der Waals surface area contributed by atoms with E-state index in [4.69, 9.17) is 0 Å². The van der Waals surface area contributed by atoms with Crippen LogP contribution in [0.4, 0.5) is 0 Å². The Bertz CT molecular complexity index is 575. The lowest BCUT2D eigenvalue weighted by Gasteiger charge is -2.60. The molecule has 0 amide bonds. The number of rotatable bonds is 2. The minimum absolute atomic E-state index is 0.648. The van der Waals surface area contributed by atoms with Gasteiger partial charge in [0.15, 0.2) is 0 Å².